The number of hydrogen-bond acceptors (Lipinski definition) is 4. The molecule has 1 aromatic carbocycles. The summed E-state index contributed by atoms with van der Waals surface area (Å²) < 4.78 is 37.1. The van der Waals surface area contributed by atoms with Crippen molar-refractivity contribution >= 4 is 20.7 Å². The molecule has 0 radical (unpaired) electrons. The zero-order chi connectivity index (χ0) is 15.2. The smallest absolute Gasteiger partial charge is 0.307 e. The minimum absolute atomic E-state index is 0.0509. The number of sulfone groups is 1. The Bertz CT molecular complexity index is 915. The van der Waals surface area contributed by atoms with Crippen LogP contribution in [0.1, 0.15) is 18.9 Å². The van der Waals surface area contributed by atoms with Gasteiger partial charge in [0.05, 0.1) is 22.4 Å². The van der Waals surface area contributed by atoms with Crippen molar-refractivity contribution in [3.63, 3.8) is 0 Å². The van der Waals surface area contributed by atoms with Crippen LogP contribution in [-0.4, -0.2) is 29.5 Å². The van der Waals surface area contributed by atoms with Crippen molar-refractivity contribution in [2.75, 3.05) is 11.5 Å². The zero-order valence-corrected chi connectivity index (χ0v) is 11.8. The van der Waals surface area contributed by atoms with Gasteiger partial charge in [-0.3, -0.25) is 9.36 Å². The first-order valence-electron chi connectivity index (χ1n) is 6.52. The Morgan fingerprint density at radius 1 is 1.19 bits per heavy atom. The van der Waals surface area contributed by atoms with Crippen LogP contribution in [0, 0.1) is 5.82 Å². The second kappa shape index (κ2) is 4.80. The van der Waals surface area contributed by atoms with E-state index in [2.05, 4.69) is 4.98 Å². The monoisotopic (exact) mass is 312 g/mol. The molecular weight excluding hydrogens is 299 g/mol. The molecule has 1 aliphatic heterocycles. The summed E-state index contributed by atoms with van der Waals surface area (Å²) in [5, 5.41) is 0.0861. The largest absolute Gasteiger partial charge is 0.329 e. The highest BCUT2D eigenvalue weighted by Crippen LogP contribution is 2.21. The summed E-state index contributed by atoms with van der Waals surface area (Å²) in [7, 11) is -3.09. The Morgan fingerprint density at radius 3 is 2.52 bits per heavy atom. The molecule has 3 rings (SSSR count). The number of rotatable bonds is 1. The van der Waals surface area contributed by atoms with Gasteiger partial charge in [0, 0.05) is 6.04 Å². The van der Waals surface area contributed by atoms with Crippen LogP contribution in [0.5, 0.6) is 0 Å². The van der Waals surface area contributed by atoms with Crippen LogP contribution in [0.4, 0.5) is 4.39 Å². The lowest BCUT2D eigenvalue weighted by Crippen LogP contribution is -2.41. The number of halogens is 1. The first kappa shape index (κ1) is 14.0. The molecule has 2 aromatic rings. The topological polar surface area (TPSA) is 89.0 Å². The van der Waals surface area contributed by atoms with E-state index in [0.29, 0.717) is 0 Å². The Balaban J connectivity index is 2.15. The average Bonchev–Trinajstić information content (AvgIpc) is 2.41. The lowest BCUT2D eigenvalue weighted by Gasteiger charge is -2.23. The lowest BCUT2D eigenvalue weighted by atomic mass is 10.1. The predicted octanol–water partition coefficient (Wildman–Crippen LogP) is 0.579. The molecule has 1 aliphatic rings. The third kappa shape index (κ3) is 2.51. The van der Waals surface area contributed by atoms with E-state index in [1.54, 1.807) is 0 Å². The minimum Gasteiger partial charge on any atom is -0.307 e. The maximum atomic E-state index is 13.3. The predicted molar refractivity (Wildman–Crippen MR) is 75.7 cm³/mol. The Morgan fingerprint density at radius 2 is 1.86 bits per heavy atom. The summed E-state index contributed by atoms with van der Waals surface area (Å²) in [6, 6.07) is 3.10. The van der Waals surface area contributed by atoms with Crippen LogP contribution in [0.15, 0.2) is 27.8 Å². The van der Waals surface area contributed by atoms with Gasteiger partial charge in [-0.25, -0.2) is 17.6 Å². The van der Waals surface area contributed by atoms with Gasteiger partial charge in [0.2, 0.25) is 0 Å². The molecule has 0 saturated carbocycles. The molecule has 0 bridgehead atoms. The van der Waals surface area contributed by atoms with E-state index in [0.717, 1.165) is 16.7 Å². The first-order valence-corrected chi connectivity index (χ1v) is 8.34. The molecule has 112 valence electrons. The maximum absolute atomic E-state index is 13.3. The molecule has 1 fully saturated rings. The van der Waals surface area contributed by atoms with Crippen molar-refractivity contribution < 1.29 is 12.8 Å². The van der Waals surface area contributed by atoms with Gasteiger partial charge >= 0.3 is 5.69 Å². The molecule has 1 N–H and O–H groups in total. The summed E-state index contributed by atoms with van der Waals surface area (Å²) in [6.07, 6.45) is 0.429. The maximum Gasteiger partial charge on any atom is 0.329 e. The van der Waals surface area contributed by atoms with Crippen LogP contribution < -0.4 is 11.2 Å². The number of fused-ring (bicyclic) bond motifs is 1. The standard InChI is InChI=1S/C13H13FN2O4S/c14-8-1-2-11-10(7-8)12(17)16(13(18)15-11)9-3-5-21(19,20)6-4-9/h1-2,7,9H,3-6H2,(H,15,18). The zero-order valence-electron chi connectivity index (χ0n) is 11.0. The highest BCUT2D eigenvalue weighted by atomic mass is 32.2. The van der Waals surface area contributed by atoms with Gasteiger partial charge in [-0.2, -0.15) is 0 Å². The van der Waals surface area contributed by atoms with Gasteiger partial charge < -0.3 is 4.98 Å². The van der Waals surface area contributed by atoms with Gasteiger partial charge in [0.15, 0.2) is 0 Å². The number of H-pyrrole nitrogens is 1. The van der Waals surface area contributed by atoms with Crippen molar-refractivity contribution in [2.45, 2.75) is 18.9 Å². The van der Waals surface area contributed by atoms with Crippen LogP contribution in [0.3, 0.4) is 0 Å². The van der Waals surface area contributed by atoms with Crippen LogP contribution in [0.2, 0.25) is 0 Å². The van der Waals surface area contributed by atoms with E-state index in [1.807, 2.05) is 0 Å². The highest BCUT2D eigenvalue weighted by Gasteiger charge is 2.27. The third-order valence-corrected chi connectivity index (χ3v) is 5.50. The third-order valence-electron chi connectivity index (χ3n) is 3.78. The minimum atomic E-state index is -3.09. The molecule has 1 saturated heterocycles. The van der Waals surface area contributed by atoms with Crippen molar-refractivity contribution in [3.05, 3.63) is 44.9 Å². The Hall–Kier alpha value is -1.96. The molecule has 6 nitrogen and oxygen atoms in total. The van der Waals surface area contributed by atoms with Crippen LogP contribution >= 0.6 is 0 Å². The Kier molecular flexibility index (Phi) is 3.20. The lowest BCUT2D eigenvalue weighted by molar-refractivity contribution is 0.425. The van der Waals surface area contributed by atoms with Crippen LogP contribution in [0.25, 0.3) is 10.9 Å². The van der Waals surface area contributed by atoms with E-state index in [4.69, 9.17) is 0 Å². The summed E-state index contributed by atoms with van der Waals surface area (Å²) >= 11 is 0. The van der Waals surface area contributed by atoms with Crippen LogP contribution in [-0.2, 0) is 9.84 Å². The number of hydrogen-bond donors (Lipinski definition) is 1. The molecular formula is C13H13FN2O4S. The number of aromatic amines is 1. The van der Waals surface area contributed by atoms with Gasteiger partial charge in [0.1, 0.15) is 15.7 Å². The average molecular weight is 312 g/mol. The van der Waals surface area contributed by atoms with Gasteiger partial charge in [0.25, 0.3) is 5.56 Å². The van der Waals surface area contributed by atoms with Gasteiger partial charge in [-0.05, 0) is 31.0 Å². The fourth-order valence-corrected chi connectivity index (χ4v) is 4.13. The molecule has 2 heterocycles. The number of aromatic nitrogens is 2. The quantitative estimate of drug-likeness (QED) is 0.834. The normalized spacial score (nSPS) is 18.9. The van der Waals surface area contributed by atoms with Gasteiger partial charge in [-0.1, -0.05) is 0 Å². The summed E-state index contributed by atoms with van der Waals surface area (Å²) in [4.78, 5) is 27.0. The number of nitrogens with one attached hydrogen (secondary N) is 1. The van der Waals surface area contributed by atoms with Crippen molar-refractivity contribution in [1.29, 1.82) is 0 Å². The van der Waals surface area contributed by atoms with Crippen molar-refractivity contribution in [2.24, 2.45) is 0 Å². The summed E-state index contributed by atoms with van der Waals surface area (Å²) in [5.74, 6) is -0.667. The Labute approximate surface area is 119 Å². The highest BCUT2D eigenvalue weighted by molar-refractivity contribution is 7.91. The SMILES string of the molecule is O=c1[nH]c2ccc(F)cc2c(=O)n1C1CCS(=O)(=O)CC1. The van der Waals surface area contributed by atoms with Crippen molar-refractivity contribution in [1.82, 2.24) is 9.55 Å². The first-order chi connectivity index (χ1) is 9.87. The van der Waals surface area contributed by atoms with E-state index < -0.39 is 32.9 Å². The van der Waals surface area contributed by atoms with Gasteiger partial charge in [-0.15, -0.1) is 0 Å². The van der Waals surface area contributed by atoms with Crippen molar-refractivity contribution in [3.8, 4) is 0 Å². The molecule has 8 heteroatoms. The number of nitrogens with zero attached hydrogens (tertiary/aromatic N) is 1. The number of benzene rings is 1. The summed E-state index contributed by atoms with van der Waals surface area (Å²) in [6.45, 7) is 0. The second-order valence-electron chi connectivity index (χ2n) is 5.18. The molecule has 21 heavy (non-hydrogen) atoms. The molecule has 1 aromatic heterocycles. The molecule has 0 aliphatic carbocycles. The molecule has 0 unspecified atom stereocenters. The van der Waals surface area contributed by atoms with E-state index in [9.17, 15) is 22.4 Å². The molecule has 0 atom stereocenters. The molecule has 0 spiro atoms. The molecule has 0 amide bonds. The summed E-state index contributed by atoms with van der Waals surface area (Å²) in [5.41, 5.74) is -0.910. The van der Waals surface area contributed by atoms with E-state index >= 15 is 0 Å². The fraction of sp³-hybridized carbons (Fsp3) is 0.385. The van der Waals surface area contributed by atoms with E-state index in [-0.39, 0.29) is 35.3 Å². The fourth-order valence-electron chi connectivity index (χ4n) is 2.67. The second-order valence-corrected chi connectivity index (χ2v) is 7.48. The van der Waals surface area contributed by atoms with E-state index in [1.165, 1.54) is 6.07 Å².